The summed E-state index contributed by atoms with van der Waals surface area (Å²) in [5.74, 6) is 0.236. The molecule has 1 aliphatic heterocycles. The summed E-state index contributed by atoms with van der Waals surface area (Å²) < 4.78 is 0. The third-order valence-electron chi connectivity index (χ3n) is 3.31. The second-order valence-electron chi connectivity index (χ2n) is 4.81. The molecule has 0 aromatic rings. The summed E-state index contributed by atoms with van der Waals surface area (Å²) in [7, 11) is 0. The second-order valence-corrected chi connectivity index (χ2v) is 4.81. The zero-order valence-corrected chi connectivity index (χ0v) is 11.2. The average Bonchev–Trinajstić information content (AvgIpc) is 2.37. The molecule has 0 spiro atoms. The van der Waals surface area contributed by atoms with Crippen LogP contribution in [-0.4, -0.2) is 54.5 Å². The lowest BCUT2D eigenvalue weighted by Crippen LogP contribution is -2.43. The van der Waals surface area contributed by atoms with Crippen LogP contribution in [0.3, 0.4) is 0 Å². The Balaban J connectivity index is 2.30. The third kappa shape index (κ3) is 5.02. The van der Waals surface area contributed by atoms with Crippen LogP contribution in [0.15, 0.2) is 25.3 Å². The molecule has 1 fully saturated rings. The van der Waals surface area contributed by atoms with Crippen molar-refractivity contribution in [2.45, 2.75) is 25.3 Å². The van der Waals surface area contributed by atoms with E-state index in [9.17, 15) is 4.79 Å². The minimum absolute atomic E-state index is 0.236. The van der Waals surface area contributed by atoms with Gasteiger partial charge in [-0.25, -0.2) is 0 Å². The Morgan fingerprint density at radius 2 is 1.83 bits per heavy atom. The molecule has 4 nitrogen and oxygen atoms in total. The molecule has 0 saturated carbocycles. The van der Waals surface area contributed by atoms with Crippen molar-refractivity contribution >= 4 is 5.91 Å². The number of nitrogens with zero attached hydrogens (tertiary/aromatic N) is 2. The Bertz CT molecular complexity index is 273. The molecule has 0 aliphatic carbocycles. The molecule has 102 valence electrons. The number of carbonyl (C=O) groups is 1. The molecule has 0 aromatic carbocycles. The van der Waals surface area contributed by atoms with Crippen LogP contribution in [-0.2, 0) is 4.79 Å². The molecule has 0 bridgehead atoms. The van der Waals surface area contributed by atoms with E-state index in [0.29, 0.717) is 6.42 Å². The Kier molecular flexibility index (Phi) is 6.68. The van der Waals surface area contributed by atoms with Gasteiger partial charge in [0.15, 0.2) is 0 Å². The lowest BCUT2D eigenvalue weighted by atomic mass is 10.1. The molecule has 1 rings (SSSR count). The molecule has 0 atom stereocenters. The largest absolute Gasteiger partial charge is 0.343 e. The number of piperidine rings is 1. The monoisotopic (exact) mass is 251 g/mol. The Morgan fingerprint density at radius 1 is 1.28 bits per heavy atom. The van der Waals surface area contributed by atoms with Gasteiger partial charge in [-0.3, -0.25) is 9.69 Å². The zero-order chi connectivity index (χ0) is 13.4. The molecule has 0 aromatic heterocycles. The third-order valence-corrected chi connectivity index (χ3v) is 3.31. The Morgan fingerprint density at radius 3 is 2.33 bits per heavy atom. The van der Waals surface area contributed by atoms with Crippen molar-refractivity contribution in [1.29, 1.82) is 0 Å². The SMILES string of the molecule is C=CCN(CC=C)CCC(=O)N1CCC(N)CC1. The first-order chi connectivity index (χ1) is 8.67. The van der Waals surface area contributed by atoms with E-state index in [2.05, 4.69) is 18.1 Å². The molecule has 18 heavy (non-hydrogen) atoms. The first kappa shape index (κ1) is 14.9. The summed E-state index contributed by atoms with van der Waals surface area (Å²) in [5, 5.41) is 0. The molecule has 2 N–H and O–H groups in total. The van der Waals surface area contributed by atoms with E-state index in [1.165, 1.54) is 0 Å². The van der Waals surface area contributed by atoms with Crippen LogP contribution in [0.1, 0.15) is 19.3 Å². The summed E-state index contributed by atoms with van der Waals surface area (Å²) in [6.07, 6.45) is 6.13. The molecular weight excluding hydrogens is 226 g/mol. The van der Waals surface area contributed by atoms with Crippen molar-refractivity contribution in [3.63, 3.8) is 0 Å². The van der Waals surface area contributed by atoms with Crippen LogP contribution >= 0.6 is 0 Å². The minimum atomic E-state index is 0.236. The fourth-order valence-electron chi connectivity index (χ4n) is 2.18. The van der Waals surface area contributed by atoms with Gasteiger partial charge >= 0.3 is 0 Å². The maximum Gasteiger partial charge on any atom is 0.223 e. The van der Waals surface area contributed by atoms with Crippen LogP contribution in [0, 0.1) is 0 Å². The standard InChI is InChI=1S/C14H25N3O/c1-3-8-16(9-4-2)10-7-14(18)17-11-5-13(15)6-12-17/h3-4,13H,1-2,5-12,15H2. The zero-order valence-electron chi connectivity index (χ0n) is 11.2. The molecule has 1 aliphatic rings. The fourth-order valence-corrected chi connectivity index (χ4v) is 2.18. The highest BCUT2D eigenvalue weighted by Crippen LogP contribution is 2.09. The van der Waals surface area contributed by atoms with Gasteiger partial charge in [0.05, 0.1) is 0 Å². The quantitative estimate of drug-likeness (QED) is 0.687. The van der Waals surface area contributed by atoms with E-state index in [0.717, 1.165) is 45.6 Å². The van der Waals surface area contributed by atoms with Crippen LogP contribution in [0.25, 0.3) is 0 Å². The van der Waals surface area contributed by atoms with Crippen molar-refractivity contribution in [1.82, 2.24) is 9.80 Å². The number of amides is 1. The van der Waals surface area contributed by atoms with E-state index in [4.69, 9.17) is 5.73 Å². The predicted molar refractivity (Wildman–Crippen MR) is 75.2 cm³/mol. The smallest absolute Gasteiger partial charge is 0.223 e. The van der Waals surface area contributed by atoms with E-state index < -0.39 is 0 Å². The summed E-state index contributed by atoms with van der Waals surface area (Å²) >= 11 is 0. The van der Waals surface area contributed by atoms with Gasteiger partial charge in [0, 0.05) is 45.2 Å². The Labute approximate surface area is 110 Å². The van der Waals surface area contributed by atoms with Gasteiger partial charge in [0.25, 0.3) is 0 Å². The highest BCUT2D eigenvalue weighted by atomic mass is 16.2. The second kappa shape index (κ2) is 8.06. The maximum absolute atomic E-state index is 12.0. The van der Waals surface area contributed by atoms with Gasteiger partial charge < -0.3 is 10.6 Å². The highest BCUT2D eigenvalue weighted by Gasteiger charge is 2.20. The number of nitrogens with two attached hydrogens (primary N) is 1. The van der Waals surface area contributed by atoms with Gasteiger partial charge in [-0.15, -0.1) is 13.2 Å². The molecule has 0 radical (unpaired) electrons. The molecule has 0 unspecified atom stereocenters. The number of hydrogen-bond acceptors (Lipinski definition) is 3. The van der Waals surface area contributed by atoms with E-state index in [-0.39, 0.29) is 11.9 Å². The first-order valence-corrected chi connectivity index (χ1v) is 6.65. The maximum atomic E-state index is 12.0. The summed E-state index contributed by atoms with van der Waals surface area (Å²) in [6, 6.07) is 0.270. The molecule has 1 amide bonds. The summed E-state index contributed by atoms with van der Waals surface area (Å²) in [5.41, 5.74) is 5.83. The number of hydrogen-bond donors (Lipinski definition) is 1. The molecule has 1 heterocycles. The van der Waals surface area contributed by atoms with Crippen molar-refractivity contribution in [3.05, 3.63) is 25.3 Å². The van der Waals surface area contributed by atoms with E-state index in [1.807, 2.05) is 17.1 Å². The van der Waals surface area contributed by atoms with Gasteiger partial charge in [0.1, 0.15) is 0 Å². The summed E-state index contributed by atoms with van der Waals surface area (Å²) in [4.78, 5) is 16.1. The van der Waals surface area contributed by atoms with Crippen LogP contribution < -0.4 is 5.73 Å². The lowest BCUT2D eigenvalue weighted by Gasteiger charge is -2.31. The minimum Gasteiger partial charge on any atom is -0.343 e. The Hall–Kier alpha value is -1.13. The summed E-state index contributed by atoms with van der Waals surface area (Å²) in [6.45, 7) is 11.4. The number of carbonyl (C=O) groups excluding carboxylic acids is 1. The normalized spacial score (nSPS) is 16.9. The van der Waals surface area contributed by atoms with Crippen molar-refractivity contribution < 1.29 is 4.79 Å². The topological polar surface area (TPSA) is 49.6 Å². The van der Waals surface area contributed by atoms with Crippen molar-refractivity contribution in [2.24, 2.45) is 5.73 Å². The van der Waals surface area contributed by atoms with E-state index >= 15 is 0 Å². The first-order valence-electron chi connectivity index (χ1n) is 6.65. The van der Waals surface area contributed by atoms with Crippen LogP contribution in [0.5, 0.6) is 0 Å². The van der Waals surface area contributed by atoms with Crippen molar-refractivity contribution in [2.75, 3.05) is 32.7 Å². The average molecular weight is 251 g/mol. The molecule has 1 saturated heterocycles. The van der Waals surface area contributed by atoms with Gasteiger partial charge in [-0.2, -0.15) is 0 Å². The van der Waals surface area contributed by atoms with Gasteiger partial charge in [-0.05, 0) is 12.8 Å². The number of rotatable bonds is 7. The lowest BCUT2D eigenvalue weighted by molar-refractivity contribution is -0.132. The van der Waals surface area contributed by atoms with Gasteiger partial charge in [0.2, 0.25) is 5.91 Å². The van der Waals surface area contributed by atoms with E-state index in [1.54, 1.807) is 0 Å². The molecular formula is C14H25N3O. The fraction of sp³-hybridized carbons (Fsp3) is 0.643. The van der Waals surface area contributed by atoms with Gasteiger partial charge in [-0.1, -0.05) is 12.2 Å². The van der Waals surface area contributed by atoms with Crippen LogP contribution in [0.2, 0.25) is 0 Å². The highest BCUT2D eigenvalue weighted by molar-refractivity contribution is 5.76. The predicted octanol–water partition coefficient (Wildman–Crippen LogP) is 1.00. The van der Waals surface area contributed by atoms with Crippen molar-refractivity contribution in [3.8, 4) is 0 Å². The van der Waals surface area contributed by atoms with Crippen LogP contribution in [0.4, 0.5) is 0 Å². The molecule has 4 heteroatoms. The number of likely N-dealkylation sites (tertiary alicyclic amines) is 1.